The number of benzene rings is 1. The van der Waals surface area contributed by atoms with Crippen LogP contribution < -0.4 is 5.32 Å². The lowest BCUT2D eigenvalue weighted by Gasteiger charge is -2.35. The molecule has 1 fully saturated rings. The summed E-state index contributed by atoms with van der Waals surface area (Å²) >= 11 is 0. The van der Waals surface area contributed by atoms with Gasteiger partial charge in [0.1, 0.15) is 0 Å². The predicted octanol–water partition coefficient (Wildman–Crippen LogP) is 4.16. The summed E-state index contributed by atoms with van der Waals surface area (Å²) in [5.41, 5.74) is 1.93. The van der Waals surface area contributed by atoms with Gasteiger partial charge >= 0.3 is 0 Å². The molecule has 1 aliphatic carbocycles. The van der Waals surface area contributed by atoms with Crippen LogP contribution in [0.4, 0.5) is 0 Å². The first-order valence-electron chi connectivity index (χ1n) is 6.93. The van der Waals surface area contributed by atoms with Gasteiger partial charge in [0.15, 0.2) is 0 Å². The number of nitrogens with one attached hydrogen (secondary N) is 1. The average molecular weight is 231 g/mol. The largest absolute Gasteiger partial charge is 0.310 e. The second kappa shape index (κ2) is 5.22. The van der Waals surface area contributed by atoms with E-state index < -0.39 is 0 Å². The quantitative estimate of drug-likeness (QED) is 0.820. The van der Waals surface area contributed by atoms with Gasteiger partial charge < -0.3 is 5.32 Å². The van der Waals surface area contributed by atoms with Crippen molar-refractivity contribution in [2.75, 3.05) is 6.54 Å². The van der Waals surface area contributed by atoms with Gasteiger partial charge in [-0.05, 0) is 36.3 Å². The highest BCUT2D eigenvalue weighted by atomic mass is 14.9. The first-order chi connectivity index (χ1) is 8.15. The minimum atomic E-state index is 0.475. The average Bonchev–Trinajstić information content (AvgIpc) is 2.67. The highest BCUT2D eigenvalue weighted by molar-refractivity contribution is 5.21. The second-order valence-corrected chi connectivity index (χ2v) is 5.93. The van der Waals surface area contributed by atoms with Gasteiger partial charge in [0, 0.05) is 6.04 Å². The van der Waals surface area contributed by atoms with Crippen LogP contribution >= 0.6 is 0 Å². The maximum atomic E-state index is 3.70. The van der Waals surface area contributed by atoms with Crippen LogP contribution in [0.15, 0.2) is 30.3 Å². The molecule has 0 aromatic heterocycles. The molecule has 0 amide bonds. The van der Waals surface area contributed by atoms with Gasteiger partial charge in [-0.25, -0.2) is 0 Å². The summed E-state index contributed by atoms with van der Waals surface area (Å²) in [4.78, 5) is 0. The second-order valence-electron chi connectivity index (χ2n) is 5.93. The molecule has 0 heterocycles. The topological polar surface area (TPSA) is 12.0 Å². The highest BCUT2D eigenvalue weighted by Crippen LogP contribution is 2.48. The van der Waals surface area contributed by atoms with Crippen molar-refractivity contribution in [3.05, 3.63) is 35.9 Å². The van der Waals surface area contributed by atoms with E-state index in [9.17, 15) is 0 Å². The summed E-state index contributed by atoms with van der Waals surface area (Å²) in [5, 5.41) is 3.70. The molecule has 1 nitrogen and oxygen atoms in total. The summed E-state index contributed by atoms with van der Waals surface area (Å²) in [6.07, 6.45) is 4.11. The number of rotatable bonds is 4. The molecule has 1 aromatic carbocycles. The van der Waals surface area contributed by atoms with E-state index in [1.54, 1.807) is 0 Å². The van der Waals surface area contributed by atoms with Crippen LogP contribution in [0.5, 0.6) is 0 Å². The first kappa shape index (κ1) is 12.6. The third-order valence-electron chi connectivity index (χ3n) is 4.33. The molecule has 1 saturated carbocycles. The van der Waals surface area contributed by atoms with E-state index in [0.717, 1.165) is 12.5 Å². The van der Waals surface area contributed by atoms with Crippen LogP contribution in [0.25, 0.3) is 0 Å². The Balaban J connectivity index is 2.23. The van der Waals surface area contributed by atoms with Gasteiger partial charge in [-0.15, -0.1) is 0 Å². The molecule has 2 unspecified atom stereocenters. The van der Waals surface area contributed by atoms with Crippen molar-refractivity contribution in [1.29, 1.82) is 0 Å². The Morgan fingerprint density at radius 3 is 2.53 bits per heavy atom. The van der Waals surface area contributed by atoms with Crippen LogP contribution in [-0.4, -0.2) is 6.54 Å². The normalized spacial score (nSPS) is 24.8. The molecular formula is C16H25N. The molecule has 0 bridgehead atoms. The highest BCUT2D eigenvalue weighted by Gasteiger charge is 2.39. The summed E-state index contributed by atoms with van der Waals surface area (Å²) in [5.74, 6) is 0.768. The fraction of sp³-hybridized carbons (Fsp3) is 0.625. The van der Waals surface area contributed by atoms with Gasteiger partial charge in [0.2, 0.25) is 0 Å². The first-order valence-corrected chi connectivity index (χ1v) is 6.93. The molecule has 0 spiro atoms. The lowest BCUT2D eigenvalue weighted by molar-refractivity contribution is 0.199. The van der Waals surface area contributed by atoms with Crippen LogP contribution in [0, 0.1) is 11.3 Å². The van der Waals surface area contributed by atoms with Gasteiger partial charge in [-0.1, -0.05) is 57.5 Å². The Kier molecular flexibility index (Phi) is 3.88. The molecule has 0 aliphatic heterocycles. The summed E-state index contributed by atoms with van der Waals surface area (Å²) in [7, 11) is 0. The van der Waals surface area contributed by atoms with Crippen molar-refractivity contribution in [3.8, 4) is 0 Å². The maximum absolute atomic E-state index is 3.70. The Morgan fingerprint density at radius 2 is 2.00 bits per heavy atom. The Labute approximate surface area is 106 Å². The molecule has 0 radical (unpaired) electrons. The van der Waals surface area contributed by atoms with Crippen molar-refractivity contribution in [2.24, 2.45) is 11.3 Å². The third kappa shape index (κ3) is 2.71. The van der Waals surface area contributed by atoms with Crippen LogP contribution in [0.1, 0.15) is 51.6 Å². The molecule has 2 rings (SSSR count). The zero-order chi connectivity index (χ0) is 12.3. The Hall–Kier alpha value is -0.820. The van der Waals surface area contributed by atoms with E-state index in [1.165, 1.54) is 24.8 Å². The molecule has 2 atom stereocenters. The standard InChI is InChI=1S/C16H25N/c1-4-17-15(13-9-6-5-7-10-13)14-11-8-12-16(14,2)3/h5-7,9-10,14-15,17H,4,8,11-12H2,1-3H3. The van der Waals surface area contributed by atoms with E-state index >= 15 is 0 Å². The molecule has 1 heteroatoms. The molecule has 1 N–H and O–H groups in total. The monoisotopic (exact) mass is 231 g/mol. The van der Waals surface area contributed by atoms with Gasteiger partial charge in [-0.2, -0.15) is 0 Å². The molecular weight excluding hydrogens is 206 g/mol. The lowest BCUT2D eigenvalue weighted by atomic mass is 9.75. The van der Waals surface area contributed by atoms with Crippen molar-refractivity contribution in [3.63, 3.8) is 0 Å². The summed E-state index contributed by atoms with van der Waals surface area (Å²) in [6, 6.07) is 11.5. The van der Waals surface area contributed by atoms with Crippen molar-refractivity contribution in [2.45, 2.75) is 46.1 Å². The summed E-state index contributed by atoms with van der Waals surface area (Å²) < 4.78 is 0. The van der Waals surface area contributed by atoms with Crippen molar-refractivity contribution < 1.29 is 0 Å². The van der Waals surface area contributed by atoms with Crippen molar-refractivity contribution in [1.82, 2.24) is 5.32 Å². The SMILES string of the molecule is CCNC(c1ccccc1)C1CCCC1(C)C. The van der Waals surface area contributed by atoms with E-state index in [0.29, 0.717) is 11.5 Å². The fourth-order valence-electron chi connectivity index (χ4n) is 3.34. The summed E-state index contributed by atoms with van der Waals surface area (Å²) in [6.45, 7) is 8.11. The Bertz CT molecular complexity index is 342. The minimum absolute atomic E-state index is 0.475. The zero-order valence-corrected chi connectivity index (χ0v) is 11.4. The van der Waals surface area contributed by atoms with Crippen LogP contribution in [0.2, 0.25) is 0 Å². The maximum Gasteiger partial charge on any atom is 0.0353 e. The van der Waals surface area contributed by atoms with E-state index in [-0.39, 0.29) is 0 Å². The smallest absolute Gasteiger partial charge is 0.0353 e. The predicted molar refractivity (Wildman–Crippen MR) is 74.0 cm³/mol. The minimum Gasteiger partial charge on any atom is -0.310 e. The molecule has 0 saturated heterocycles. The Morgan fingerprint density at radius 1 is 1.29 bits per heavy atom. The van der Waals surface area contributed by atoms with E-state index in [2.05, 4.69) is 56.4 Å². The van der Waals surface area contributed by atoms with Crippen LogP contribution in [0.3, 0.4) is 0 Å². The zero-order valence-electron chi connectivity index (χ0n) is 11.4. The third-order valence-corrected chi connectivity index (χ3v) is 4.33. The van der Waals surface area contributed by atoms with Gasteiger partial charge in [0.25, 0.3) is 0 Å². The van der Waals surface area contributed by atoms with Crippen molar-refractivity contribution >= 4 is 0 Å². The molecule has 1 aliphatic rings. The number of hydrogen-bond acceptors (Lipinski definition) is 1. The van der Waals surface area contributed by atoms with E-state index in [1.807, 2.05) is 0 Å². The number of hydrogen-bond donors (Lipinski definition) is 1. The lowest BCUT2D eigenvalue weighted by Crippen LogP contribution is -2.33. The molecule has 17 heavy (non-hydrogen) atoms. The van der Waals surface area contributed by atoms with Gasteiger partial charge in [-0.3, -0.25) is 0 Å². The van der Waals surface area contributed by atoms with Gasteiger partial charge in [0.05, 0.1) is 0 Å². The molecule has 94 valence electrons. The van der Waals surface area contributed by atoms with Crippen LogP contribution in [-0.2, 0) is 0 Å². The molecule has 1 aromatic rings. The fourth-order valence-corrected chi connectivity index (χ4v) is 3.34. The van der Waals surface area contributed by atoms with E-state index in [4.69, 9.17) is 0 Å².